The summed E-state index contributed by atoms with van der Waals surface area (Å²) in [6.07, 6.45) is 0.576. The lowest BCUT2D eigenvalue weighted by atomic mass is 10.0. The third kappa shape index (κ3) is 3.78. The average Bonchev–Trinajstić information content (AvgIpc) is 2.46. The highest BCUT2D eigenvalue weighted by molar-refractivity contribution is 6.01. The van der Waals surface area contributed by atoms with Gasteiger partial charge in [0.15, 0.2) is 0 Å². The Morgan fingerprint density at radius 3 is 2.25 bits per heavy atom. The summed E-state index contributed by atoms with van der Waals surface area (Å²) in [5.74, 6) is 5.52. The van der Waals surface area contributed by atoms with E-state index in [1.54, 1.807) is 12.1 Å². The molecule has 0 amide bonds. The van der Waals surface area contributed by atoms with Gasteiger partial charge in [-0.25, -0.2) is 0 Å². The van der Waals surface area contributed by atoms with E-state index in [0.717, 1.165) is 11.1 Å². The van der Waals surface area contributed by atoms with Gasteiger partial charge in [0, 0.05) is 6.42 Å². The molecule has 0 spiro atoms. The Balaban J connectivity index is 2.12. The van der Waals surface area contributed by atoms with Crippen molar-refractivity contribution in [3.05, 3.63) is 65.7 Å². The molecule has 0 aliphatic carbocycles. The van der Waals surface area contributed by atoms with Gasteiger partial charge in [-0.2, -0.15) is 13.9 Å². The van der Waals surface area contributed by atoms with Crippen LogP contribution in [0, 0.1) is 0 Å². The molecule has 5 heteroatoms. The predicted octanol–water partition coefficient (Wildman–Crippen LogP) is 3.19. The number of halogens is 2. The van der Waals surface area contributed by atoms with Gasteiger partial charge in [-0.15, -0.1) is 0 Å². The number of alkyl halides is 2. The first kappa shape index (κ1) is 14.0. The number of benzene rings is 2. The van der Waals surface area contributed by atoms with E-state index in [4.69, 9.17) is 5.84 Å². The standard InChI is InChI=1S/C15H14F2N2O/c16-15(17)20-13-8-6-12(7-9-13)14(19-18)10-11-4-2-1-3-5-11/h1-9,15H,10,18H2/b19-14-. The first-order valence-electron chi connectivity index (χ1n) is 6.05. The molecule has 3 nitrogen and oxygen atoms in total. The molecule has 104 valence electrons. The monoisotopic (exact) mass is 276 g/mol. The summed E-state index contributed by atoms with van der Waals surface area (Å²) in [6.45, 7) is -2.83. The number of hydrogen-bond donors (Lipinski definition) is 1. The second-order valence-corrected chi connectivity index (χ2v) is 4.14. The minimum atomic E-state index is -2.83. The fraction of sp³-hybridized carbons (Fsp3) is 0.133. The molecule has 2 aromatic rings. The van der Waals surface area contributed by atoms with Gasteiger partial charge in [0.1, 0.15) is 5.75 Å². The number of hydrazone groups is 1. The van der Waals surface area contributed by atoms with Crippen LogP contribution in [-0.2, 0) is 6.42 Å². The average molecular weight is 276 g/mol. The first-order valence-corrected chi connectivity index (χ1v) is 6.05. The number of nitrogens with zero attached hydrogens (tertiary/aromatic N) is 1. The van der Waals surface area contributed by atoms with Gasteiger partial charge in [-0.05, 0) is 35.4 Å². The lowest BCUT2D eigenvalue weighted by Crippen LogP contribution is -2.08. The third-order valence-electron chi connectivity index (χ3n) is 2.78. The number of rotatable bonds is 5. The molecule has 0 heterocycles. The van der Waals surface area contributed by atoms with Crippen molar-refractivity contribution in [2.75, 3.05) is 0 Å². The van der Waals surface area contributed by atoms with Crippen LogP contribution in [0.15, 0.2) is 59.7 Å². The summed E-state index contributed by atoms with van der Waals surface area (Å²) in [7, 11) is 0. The molecule has 0 fully saturated rings. The molecule has 0 aromatic heterocycles. The van der Waals surface area contributed by atoms with Crippen molar-refractivity contribution in [2.45, 2.75) is 13.0 Å². The predicted molar refractivity (Wildman–Crippen MR) is 73.9 cm³/mol. The van der Waals surface area contributed by atoms with E-state index in [1.165, 1.54) is 12.1 Å². The number of ether oxygens (including phenoxy) is 1. The van der Waals surface area contributed by atoms with Gasteiger partial charge >= 0.3 is 6.61 Å². The molecule has 2 N–H and O–H groups in total. The second kappa shape index (κ2) is 6.65. The smallest absolute Gasteiger partial charge is 0.387 e. The van der Waals surface area contributed by atoms with Crippen molar-refractivity contribution < 1.29 is 13.5 Å². The van der Waals surface area contributed by atoms with Crippen LogP contribution in [-0.4, -0.2) is 12.3 Å². The summed E-state index contributed by atoms with van der Waals surface area (Å²) < 4.78 is 28.4. The molecule has 2 rings (SSSR count). The Hall–Kier alpha value is -2.43. The minimum absolute atomic E-state index is 0.111. The highest BCUT2D eigenvalue weighted by Gasteiger charge is 2.07. The van der Waals surface area contributed by atoms with Crippen LogP contribution in [0.1, 0.15) is 11.1 Å². The van der Waals surface area contributed by atoms with Crippen LogP contribution in [0.25, 0.3) is 0 Å². The maximum absolute atomic E-state index is 12.1. The van der Waals surface area contributed by atoms with Gasteiger partial charge in [0.2, 0.25) is 0 Å². The summed E-state index contributed by atoms with van der Waals surface area (Å²) in [6, 6.07) is 16.0. The SMILES string of the molecule is N/N=C(/Cc1ccccc1)c1ccc(OC(F)F)cc1. The first-order chi connectivity index (χ1) is 9.69. The molecular weight excluding hydrogens is 262 g/mol. The van der Waals surface area contributed by atoms with Crippen LogP contribution in [0.2, 0.25) is 0 Å². The zero-order valence-electron chi connectivity index (χ0n) is 10.7. The summed E-state index contributed by atoms with van der Waals surface area (Å²) >= 11 is 0. The normalized spacial score (nSPS) is 11.7. The Bertz CT molecular complexity index is 568. The van der Waals surface area contributed by atoms with Crippen LogP contribution < -0.4 is 10.6 Å². The quantitative estimate of drug-likeness (QED) is 0.518. The molecule has 0 aliphatic rings. The van der Waals surface area contributed by atoms with E-state index < -0.39 is 6.61 Å². The van der Waals surface area contributed by atoms with E-state index in [-0.39, 0.29) is 5.75 Å². The summed E-state index contributed by atoms with van der Waals surface area (Å²) in [5, 5.41) is 3.77. The van der Waals surface area contributed by atoms with Crippen molar-refractivity contribution >= 4 is 5.71 Å². The van der Waals surface area contributed by atoms with Gasteiger partial charge in [-0.1, -0.05) is 30.3 Å². The third-order valence-corrected chi connectivity index (χ3v) is 2.78. The zero-order valence-corrected chi connectivity index (χ0v) is 10.7. The maximum atomic E-state index is 12.1. The topological polar surface area (TPSA) is 47.6 Å². The molecule has 2 aromatic carbocycles. The highest BCUT2D eigenvalue weighted by atomic mass is 19.3. The Labute approximate surface area is 115 Å². The fourth-order valence-electron chi connectivity index (χ4n) is 1.84. The molecule has 0 bridgehead atoms. The highest BCUT2D eigenvalue weighted by Crippen LogP contribution is 2.16. The maximum Gasteiger partial charge on any atom is 0.387 e. The summed E-state index contributed by atoms with van der Waals surface area (Å²) in [5.41, 5.74) is 2.53. The van der Waals surface area contributed by atoms with E-state index in [2.05, 4.69) is 9.84 Å². The molecule has 0 atom stereocenters. The van der Waals surface area contributed by atoms with E-state index in [9.17, 15) is 8.78 Å². The van der Waals surface area contributed by atoms with E-state index >= 15 is 0 Å². The molecule has 0 radical (unpaired) electrons. The Kier molecular flexibility index (Phi) is 4.65. The molecule has 0 saturated heterocycles. The van der Waals surface area contributed by atoms with Gasteiger partial charge in [0.25, 0.3) is 0 Å². The molecule has 20 heavy (non-hydrogen) atoms. The lowest BCUT2D eigenvalue weighted by Gasteiger charge is -2.08. The van der Waals surface area contributed by atoms with Crippen LogP contribution in [0.3, 0.4) is 0 Å². The van der Waals surface area contributed by atoms with Crippen molar-refractivity contribution in [1.82, 2.24) is 0 Å². The molecule has 0 unspecified atom stereocenters. The van der Waals surface area contributed by atoms with Crippen molar-refractivity contribution in [3.8, 4) is 5.75 Å². The zero-order chi connectivity index (χ0) is 14.4. The van der Waals surface area contributed by atoms with Crippen molar-refractivity contribution in [3.63, 3.8) is 0 Å². The fourth-order valence-corrected chi connectivity index (χ4v) is 1.84. The van der Waals surface area contributed by atoms with Crippen molar-refractivity contribution in [1.29, 1.82) is 0 Å². The van der Waals surface area contributed by atoms with Gasteiger partial charge in [-0.3, -0.25) is 0 Å². The molecular formula is C15H14F2N2O. The Morgan fingerprint density at radius 2 is 1.70 bits per heavy atom. The largest absolute Gasteiger partial charge is 0.435 e. The van der Waals surface area contributed by atoms with Crippen LogP contribution >= 0.6 is 0 Å². The van der Waals surface area contributed by atoms with Gasteiger partial charge in [0.05, 0.1) is 5.71 Å². The van der Waals surface area contributed by atoms with Gasteiger partial charge < -0.3 is 10.6 Å². The van der Waals surface area contributed by atoms with E-state index in [0.29, 0.717) is 12.1 Å². The molecule has 0 saturated carbocycles. The van der Waals surface area contributed by atoms with Crippen LogP contribution in [0.5, 0.6) is 5.75 Å². The lowest BCUT2D eigenvalue weighted by molar-refractivity contribution is -0.0498. The number of hydrogen-bond acceptors (Lipinski definition) is 3. The van der Waals surface area contributed by atoms with Crippen LogP contribution in [0.4, 0.5) is 8.78 Å². The minimum Gasteiger partial charge on any atom is -0.435 e. The van der Waals surface area contributed by atoms with Crippen molar-refractivity contribution in [2.24, 2.45) is 10.9 Å². The second-order valence-electron chi connectivity index (χ2n) is 4.14. The molecule has 0 aliphatic heterocycles. The van der Waals surface area contributed by atoms with E-state index in [1.807, 2.05) is 30.3 Å². The summed E-state index contributed by atoms with van der Waals surface area (Å²) in [4.78, 5) is 0. The Morgan fingerprint density at radius 1 is 1.05 bits per heavy atom. The number of nitrogens with two attached hydrogens (primary N) is 1.